The molecule has 0 saturated carbocycles. The fourth-order valence-electron chi connectivity index (χ4n) is 2.13. The van der Waals surface area contributed by atoms with E-state index < -0.39 is 10.0 Å². The highest BCUT2D eigenvalue weighted by atomic mass is 32.2. The van der Waals surface area contributed by atoms with Crippen molar-refractivity contribution in [3.63, 3.8) is 0 Å². The Hall–Kier alpha value is -1.65. The maximum Gasteiger partial charge on any atom is 0.241 e. The lowest BCUT2D eigenvalue weighted by atomic mass is 10.1. The molecule has 0 radical (unpaired) electrons. The molecule has 0 spiro atoms. The van der Waals surface area contributed by atoms with Crippen LogP contribution >= 0.6 is 0 Å². The van der Waals surface area contributed by atoms with Gasteiger partial charge in [0.25, 0.3) is 0 Å². The molecule has 2 rings (SSSR count). The van der Waals surface area contributed by atoms with Crippen LogP contribution in [-0.2, 0) is 16.4 Å². The summed E-state index contributed by atoms with van der Waals surface area (Å²) in [5, 5.41) is 0. The summed E-state index contributed by atoms with van der Waals surface area (Å²) < 4.78 is 27.4. The Bertz CT molecular complexity index is 689. The number of hydrogen-bond donors (Lipinski definition) is 1. The van der Waals surface area contributed by atoms with Gasteiger partial charge in [0.05, 0.1) is 4.90 Å². The van der Waals surface area contributed by atoms with Crippen LogP contribution in [0.25, 0.3) is 0 Å². The highest BCUT2D eigenvalue weighted by molar-refractivity contribution is 7.89. The lowest BCUT2D eigenvalue weighted by Crippen LogP contribution is -2.26. The van der Waals surface area contributed by atoms with E-state index in [0.717, 1.165) is 17.5 Å². The third kappa shape index (κ3) is 3.93. The molecule has 4 heteroatoms. The van der Waals surface area contributed by atoms with Gasteiger partial charge in [-0.15, -0.1) is 0 Å². The van der Waals surface area contributed by atoms with Crippen molar-refractivity contribution in [3.05, 3.63) is 65.2 Å². The lowest BCUT2D eigenvalue weighted by Gasteiger charge is -2.15. The summed E-state index contributed by atoms with van der Waals surface area (Å²) in [6.07, 6.45) is 0.976. The molecule has 0 fully saturated rings. The van der Waals surface area contributed by atoms with Crippen LogP contribution in [-0.4, -0.2) is 8.42 Å². The van der Waals surface area contributed by atoms with Gasteiger partial charge in [0, 0.05) is 6.04 Å². The molecule has 0 bridgehead atoms. The van der Waals surface area contributed by atoms with Gasteiger partial charge in [-0.1, -0.05) is 48.9 Å². The smallest absolute Gasteiger partial charge is 0.207 e. The number of rotatable bonds is 5. The number of hydrogen-bond acceptors (Lipinski definition) is 2. The van der Waals surface area contributed by atoms with E-state index in [0.29, 0.717) is 4.90 Å². The minimum atomic E-state index is -3.49. The first kappa shape index (κ1) is 15.7. The molecular formula is C17H21NO2S. The predicted octanol–water partition coefficient (Wildman–Crippen LogP) is 3.60. The van der Waals surface area contributed by atoms with Crippen molar-refractivity contribution >= 4 is 10.0 Å². The van der Waals surface area contributed by atoms with E-state index in [2.05, 4.69) is 11.6 Å². The largest absolute Gasteiger partial charge is 0.241 e. The van der Waals surface area contributed by atoms with Crippen LogP contribution in [0.4, 0.5) is 0 Å². The van der Waals surface area contributed by atoms with Gasteiger partial charge in [0.15, 0.2) is 0 Å². The van der Waals surface area contributed by atoms with E-state index >= 15 is 0 Å². The first-order chi connectivity index (χ1) is 9.92. The van der Waals surface area contributed by atoms with Gasteiger partial charge in [-0.25, -0.2) is 13.1 Å². The van der Waals surface area contributed by atoms with E-state index in [1.54, 1.807) is 24.3 Å². The SMILES string of the molecule is CCc1ccc([C@H](C)NS(=O)(=O)c2ccc(C)cc2)cc1. The van der Waals surface area contributed by atoms with Gasteiger partial charge in [-0.05, 0) is 43.5 Å². The van der Waals surface area contributed by atoms with E-state index in [4.69, 9.17) is 0 Å². The van der Waals surface area contributed by atoms with Crippen LogP contribution < -0.4 is 4.72 Å². The Morgan fingerprint density at radius 3 is 2.10 bits per heavy atom. The molecule has 0 aliphatic carbocycles. The first-order valence-corrected chi connectivity index (χ1v) is 8.58. The second kappa shape index (κ2) is 6.41. The van der Waals surface area contributed by atoms with Gasteiger partial charge >= 0.3 is 0 Å². The molecule has 2 aromatic rings. The normalized spacial score (nSPS) is 13.1. The second-order valence-corrected chi connectivity index (χ2v) is 6.97. The third-order valence-corrected chi connectivity index (χ3v) is 5.11. The molecule has 0 aliphatic rings. The molecule has 0 unspecified atom stereocenters. The van der Waals surface area contributed by atoms with Crippen LogP contribution in [0.15, 0.2) is 53.4 Å². The molecule has 0 aliphatic heterocycles. The van der Waals surface area contributed by atoms with Crippen molar-refractivity contribution in [3.8, 4) is 0 Å². The number of nitrogens with one attached hydrogen (secondary N) is 1. The maximum absolute atomic E-state index is 12.3. The van der Waals surface area contributed by atoms with Crippen molar-refractivity contribution in [1.29, 1.82) is 0 Å². The van der Waals surface area contributed by atoms with Crippen molar-refractivity contribution in [2.24, 2.45) is 0 Å². The van der Waals surface area contributed by atoms with Crippen LogP contribution in [0, 0.1) is 6.92 Å². The van der Waals surface area contributed by atoms with Gasteiger partial charge in [-0.2, -0.15) is 0 Å². The molecule has 0 aromatic heterocycles. The molecule has 2 aromatic carbocycles. The fraction of sp³-hybridized carbons (Fsp3) is 0.294. The second-order valence-electron chi connectivity index (χ2n) is 5.25. The highest BCUT2D eigenvalue weighted by Crippen LogP contribution is 2.18. The Morgan fingerprint density at radius 1 is 1.00 bits per heavy atom. The molecular weight excluding hydrogens is 282 g/mol. The molecule has 1 N–H and O–H groups in total. The fourth-order valence-corrected chi connectivity index (χ4v) is 3.36. The maximum atomic E-state index is 12.3. The Kier molecular flexibility index (Phi) is 4.80. The van der Waals surface area contributed by atoms with Gasteiger partial charge in [0.1, 0.15) is 0 Å². The quantitative estimate of drug-likeness (QED) is 0.917. The van der Waals surface area contributed by atoms with Gasteiger partial charge in [0.2, 0.25) is 10.0 Å². The molecule has 0 saturated heterocycles. The zero-order valence-corrected chi connectivity index (χ0v) is 13.4. The van der Waals surface area contributed by atoms with Crippen molar-refractivity contribution in [1.82, 2.24) is 4.72 Å². The molecule has 0 amide bonds. The van der Waals surface area contributed by atoms with E-state index in [1.165, 1.54) is 5.56 Å². The van der Waals surface area contributed by atoms with Gasteiger partial charge in [-0.3, -0.25) is 0 Å². The monoisotopic (exact) mass is 303 g/mol. The minimum absolute atomic E-state index is 0.262. The zero-order chi connectivity index (χ0) is 15.5. The predicted molar refractivity (Wildman–Crippen MR) is 85.7 cm³/mol. The van der Waals surface area contributed by atoms with Crippen molar-refractivity contribution in [2.45, 2.75) is 38.1 Å². The van der Waals surface area contributed by atoms with E-state index in [9.17, 15) is 8.42 Å². The average Bonchev–Trinajstić information content (AvgIpc) is 2.47. The van der Waals surface area contributed by atoms with Crippen LogP contribution in [0.1, 0.15) is 36.6 Å². The summed E-state index contributed by atoms with van der Waals surface area (Å²) in [6.45, 7) is 5.88. The summed E-state index contributed by atoms with van der Waals surface area (Å²) in [7, 11) is -3.49. The molecule has 1 atom stereocenters. The van der Waals surface area contributed by atoms with Crippen LogP contribution in [0.2, 0.25) is 0 Å². The molecule has 3 nitrogen and oxygen atoms in total. The molecule has 112 valence electrons. The Morgan fingerprint density at radius 2 is 1.57 bits per heavy atom. The summed E-state index contributed by atoms with van der Waals surface area (Å²) in [5.74, 6) is 0. The van der Waals surface area contributed by atoms with E-state index in [-0.39, 0.29) is 6.04 Å². The molecule has 21 heavy (non-hydrogen) atoms. The van der Waals surface area contributed by atoms with Crippen LogP contribution in [0.3, 0.4) is 0 Å². The zero-order valence-electron chi connectivity index (χ0n) is 12.6. The third-order valence-electron chi connectivity index (χ3n) is 3.55. The summed E-state index contributed by atoms with van der Waals surface area (Å²) in [6, 6.07) is 14.6. The van der Waals surface area contributed by atoms with Crippen molar-refractivity contribution < 1.29 is 8.42 Å². The summed E-state index contributed by atoms with van der Waals surface area (Å²) in [4.78, 5) is 0.296. The molecule has 0 heterocycles. The van der Waals surface area contributed by atoms with E-state index in [1.807, 2.05) is 38.1 Å². The topological polar surface area (TPSA) is 46.2 Å². The average molecular weight is 303 g/mol. The summed E-state index contributed by atoms with van der Waals surface area (Å²) >= 11 is 0. The first-order valence-electron chi connectivity index (χ1n) is 7.10. The van der Waals surface area contributed by atoms with Gasteiger partial charge < -0.3 is 0 Å². The number of aryl methyl sites for hydroxylation is 2. The standard InChI is InChI=1S/C17H21NO2S/c1-4-15-7-9-16(10-8-15)14(3)18-21(19,20)17-11-5-13(2)6-12-17/h5-12,14,18H,4H2,1-3H3/t14-/m0/s1. The number of sulfonamides is 1. The highest BCUT2D eigenvalue weighted by Gasteiger charge is 2.18. The van der Waals surface area contributed by atoms with Crippen LogP contribution in [0.5, 0.6) is 0 Å². The Labute approximate surface area is 127 Å². The van der Waals surface area contributed by atoms with Crippen molar-refractivity contribution in [2.75, 3.05) is 0 Å². The lowest BCUT2D eigenvalue weighted by molar-refractivity contribution is 0.567. The minimum Gasteiger partial charge on any atom is -0.207 e. The number of benzene rings is 2. The summed E-state index contributed by atoms with van der Waals surface area (Å²) in [5.41, 5.74) is 3.24. The Balaban J connectivity index is 2.17.